The molecule has 0 amide bonds. The third-order valence-electron chi connectivity index (χ3n) is 6.75. The second kappa shape index (κ2) is 14.4. The summed E-state index contributed by atoms with van der Waals surface area (Å²) in [6, 6.07) is 1.53. The van der Waals surface area contributed by atoms with Crippen LogP contribution < -0.4 is 4.74 Å². The fourth-order valence-electron chi connectivity index (χ4n) is 4.72. The summed E-state index contributed by atoms with van der Waals surface area (Å²) in [5.74, 6) is -7.43. The summed E-state index contributed by atoms with van der Waals surface area (Å²) in [4.78, 5) is 51.7. The van der Waals surface area contributed by atoms with Crippen LogP contribution in [0.15, 0.2) is 24.3 Å². The lowest BCUT2D eigenvalue weighted by Gasteiger charge is -2.42. The van der Waals surface area contributed by atoms with E-state index in [2.05, 4.69) is 0 Å². The Morgan fingerprint density at radius 2 is 0.804 bits per heavy atom. The van der Waals surface area contributed by atoms with Gasteiger partial charge in [0.2, 0.25) is 5.41 Å². The summed E-state index contributed by atoms with van der Waals surface area (Å²) in [6.45, 7) is 5.56. The minimum absolute atomic E-state index is 0.182. The number of hydrogen-bond donors (Lipinski definition) is 0. The van der Waals surface area contributed by atoms with E-state index in [4.69, 9.17) is 23.7 Å². The number of rotatable bonds is 12. The number of ether oxygens (including phenoxy) is 5. The second-order valence-corrected chi connectivity index (χ2v) is 10.2. The first-order valence-electron chi connectivity index (χ1n) is 14.5. The first-order chi connectivity index (χ1) is 21.6. The highest BCUT2D eigenvalue weighted by molar-refractivity contribution is 6.05. The molecule has 0 saturated carbocycles. The van der Waals surface area contributed by atoms with Crippen molar-refractivity contribution in [3.8, 4) is 11.5 Å². The summed E-state index contributed by atoms with van der Waals surface area (Å²) in [5, 5.41) is 0. The SMILES string of the molecule is CCCOC(=O)c1cc2c(cc1C(=O)OCCC)C(C(F)(F)F)(C(F)(F)F)c1cc(C(=O)OCCC)c(C(=O)OCCC)cc1O2. The molecule has 9 nitrogen and oxygen atoms in total. The summed E-state index contributed by atoms with van der Waals surface area (Å²) in [7, 11) is 0. The molecule has 0 radical (unpaired) electrons. The average Bonchev–Trinajstić information content (AvgIpc) is 2.99. The Labute approximate surface area is 260 Å². The van der Waals surface area contributed by atoms with Crippen molar-refractivity contribution in [2.75, 3.05) is 26.4 Å². The summed E-state index contributed by atoms with van der Waals surface area (Å²) < 4.78 is 117. The minimum atomic E-state index is -6.19. The fourth-order valence-corrected chi connectivity index (χ4v) is 4.72. The third kappa shape index (κ3) is 6.77. The highest BCUT2D eigenvalue weighted by Gasteiger charge is 2.75. The largest absolute Gasteiger partial charge is 0.462 e. The van der Waals surface area contributed by atoms with E-state index in [9.17, 15) is 19.2 Å². The molecule has 0 unspecified atom stereocenters. The van der Waals surface area contributed by atoms with Gasteiger partial charge in [-0.2, -0.15) is 26.3 Å². The van der Waals surface area contributed by atoms with Gasteiger partial charge < -0.3 is 23.7 Å². The molecule has 0 atom stereocenters. The van der Waals surface area contributed by atoms with E-state index in [1.54, 1.807) is 27.7 Å². The van der Waals surface area contributed by atoms with Crippen LogP contribution in [0.5, 0.6) is 11.5 Å². The van der Waals surface area contributed by atoms with Crippen LogP contribution in [0.4, 0.5) is 26.3 Å². The molecule has 0 saturated heterocycles. The van der Waals surface area contributed by atoms with Gasteiger partial charge in [0.25, 0.3) is 0 Å². The molecule has 0 N–H and O–H groups in total. The van der Waals surface area contributed by atoms with Crippen molar-refractivity contribution >= 4 is 23.9 Å². The lowest BCUT2D eigenvalue weighted by atomic mass is 9.69. The molecule has 1 aliphatic rings. The molecule has 1 heterocycles. The second-order valence-electron chi connectivity index (χ2n) is 10.2. The van der Waals surface area contributed by atoms with Crippen molar-refractivity contribution in [3.63, 3.8) is 0 Å². The highest BCUT2D eigenvalue weighted by atomic mass is 19.4. The number of carbonyl (C=O) groups excluding carboxylic acids is 4. The Morgan fingerprint density at radius 3 is 1.04 bits per heavy atom. The van der Waals surface area contributed by atoms with Gasteiger partial charge in [0.15, 0.2) is 0 Å². The molecule has 3 rings (SSSR count). The fraction of sp³-hybridized carbons (Fsp3) is 0.484. The molecule has 0 aromatic heterocycles. The van der Waals surface area contributed by atoms with E-state index in [0.717, 1.165) is 0 Å². The Kier molecular flexibility index (Phi) is 11.3. The monoisotopic (exact) mass is 662 g/mol. The Bertz CT molecular complexity index is 1370. The quantitative estimate of drug-likeness (QED) is 0.130. The van der Waals surface area contributed by atoms with Crippen LogP contribution in [0.2, 0.25) is 0 Å². The number of fused-ring (bicyclic) bond motifs is 2. The van der Waals surface area contributed by atoms with Crippen LogP contribution in [-0.2, 0) is 24.4 Å². The first kappa shape index (κ1) is 36.2. The number of benzene rings is 2. The van der Waals surface area contributed by atoms with Gasteiger partial charge in [-0.3, -0.25) is 0 Å². The predicted molar refractivity (Wildman–Crippen MR) is 148 cm³/mol. The standard InChI is InChI=1S/C31H32F6O9/c1-5-9-42-25(38)17-13-21-23(15-19(17)27(40)44-11-7-3)46-24-16-20(28(41)45-12-8-4)18(26(39)43-10-6-2)14-22(24)29(21,30(32,33)34)31(35,36)37/h13-16H,5-12H2,1-4H3. The third-order valence-corrected chi connectivity index (χ3v) is 6.75. The molecular formula is C31H32F6O9. The van der Waals surface area contributed by atoms with E-state index >= 15 is 26.3 Å². The molecule has 0 aliphatic carbocycles. The first-order valence-corrected chi connectivity index (χ1v) is 14.5. The predicted octanol–water partition coefficient (Wildman–Crippen LogP) is 7.47. The summed E-state index contributed by atoms with van der Waals surface area (Å²) in [5.41, 5.74) is -11.4. The molecule has 0 bridgehead atoms. The molecule has 1 aliphatic heterocycles. The topological polar surface area (TPSA) is 114 Å². The van der Waals surface area contributed by atoms with Gasteiger partial charge in [-0.15, -0.1) is 0 Å². The van der Waals surface area contributed by atoms with Gasteiger partial charge in [-0.25, -0.2) is 19.2 Å². The minimum Gasteiger partial charge on any atom is -0.462 e. The zero-order valence-electron chi connectivity index (χ0n) is 25.4. The van der Waals surface area contributed by atoms with Crippen LogP contribution in [0.3, 0.4) is 0 Å². The van der Waals surface area contributed by atoms with Crippen molar-refractivity contribution in [2.24, 2.45) is 0 Å². The van der Waals surface area contributed by atoms with Gasteiger partial charge in [-0.1, -0.05) is 27.7 Å². The highest BCUT2D eigenvalue weighted by Crippen LogP contribution is 2.63. The molecule has 252 valence electrons. The molecule has 46 heavy (non-hydrogen) atoms. The molecule has 2 aromatic rings. The number of halogens is 6. The smallest absolute Gasteiger partial charge is 0.411 e. The number of esters is 4. The maximum absolute atomic E-state index is 15.2. The number of alkyl halides is 6. The van der Waals surface area contributed by atoms with Crippen LogP contribution in [-0.4, -0.2) is 62.7 Å². The zero-order chi connectivity index (χ0) is 34.4. The molecule has 0 spiro atoms. The van der Waals surface area contributed by atoms with E-state index in [-0.39, 0.29) is 51.4 Å². The van der Waals surface area contributed by atoms with E-state index in [0.29, 0.717) is 25.0 Å². The maximum Gasteiger partial charge on any atom is 0.411 e. The lowest BCUT2D eigenvalue weighted by Crippen LogP contribution is -2.56. The number of carbonyl (C=O) groups is 4. The van der Waals surface area contributed by atoms with Gasteiger partial charge in [0.1, 0.15) is 11.5 Å². The maximum atomic E-state index is 15.2. The number of hydrogen-bond acceptors (Lipinski definition) is 9. The lowest BCUT2D eigenvalue weighted by molar-refractivity contribution is -0.290. The normalized spacial score (nSPS) is 13.5. The van der Waals surface area contributed by atoms with Gasteiger partial charge in [-0.05, 0) is 49.9 Å². The zero-order valence-corrected chi connectivity index (χ0v) is 25.4. The van der Waals surface area contributed by atoms with E-state index in [1.165, 1.54) is 0 Å². The van der Waals surface area contributed by atoms with Crippen molar-refractivity contribution < 1.29 is 69.2 Å². The van der Waals surface area contributed by atoms with Crippen LogP contribution in [0.1, 0.15) is 106 Å². The van der Waals surface area contributed by atoms with E-state index < -0.39 is 86.5 Å². The Balaban J connectivity index is 2.49. The summed E-state index contributed by atoms with van der Waals surface area (Å²) >= 11 is 0. The van der Waals surface area contributed by atoms with Gasteiger partial charge in [0.05, 0.1) is 48.7 Å². The van der Waals surface area contributed by atoms with Crippen LogP contribution >= 0.6 is 0 Å². The molecule has 2 aromatic carbocycles. The summed E-state index contributed by atoms with van der Waals surface area (Å²) in [6.07, 6.45) is -11.3. The van der Waals surface area contributed by atoms with Crippen molar-refractivity contribution in [1.29, 1.82) is 0 Å². The van der Waals surface area contributed by atoms with E-state index in [1.807, 2.05) is 0 Å². The van der Waals surface area contributed by atoms with Gasteiger partial charge in [0, 0.05) is 11.1 Å². The van der Waals surface area contributed by atoms with Crippen molar-refractivity contribution in [3.05, 3.63) is 57.6 Å². The van der Waals surface area contributed by atoms with Crippen LogP contribution in [0, 0.1) is 0 Å². The van der Waals surface area contributed by atoms with Crippen LogP contribution in [0.25, 0.3) is 0 Å². The Morgan fingerprint density at radius 1 is 0.543 bits per heavy atom. The molecular weight excluding hydrogens is 630 g/mol. The van der Waals surface area contributed by atoms with Crippen molar-refractivity contribution in [2.45, 2.75) is 71.1 Å². The molecule has 0 fully saturated rings. The average molecular weight is 663 g/mol. The van der Waals surface area contributed by atoms with Gasteiger partial charge >= 0.3 is 36.2 Å². The van der Waals surface area contributed by atoms with Crippen molar-refractivity contribution in [1.82, 2.24) is 0 Å². The molecule has 15 heteroatoms. The Hall–Kier alpha value is -4.30.